The van der Waals surface area contributed by atoms with Crippen LogP contribution in [0.5, 0.6) is 0 Å². The molecule has 0 radical (unpaired) electrons. The Labute approximate surface area is 232 Å². The van der Waals surface area contributed by atoms with E-state index in [1.54, 1.807) is 18.7 Å². The first-order chi connectivity index (χ1) is 18.3. The number of aromatic nitrogens is 1. The number of rotatable bonds is 10. The van der Waals surface area contributed by atoms with Gasteiger partial charge in [0.25, 0.3) is 0 Å². The molecular weight excluding hydrogens is 529 g/mol. The van der Waals surface area contributed by atoms with Crippen LogP contribution in [0.4, 0.5) is 23.7 Å². The van der Waals surface area contributed by atoms with Gasteiger partial charge in [-0.25, -0.2) is 4.79 Å². The van der Waals surface area contributed by atoms with Crippen molar-refractivity contribution in [3.63, 3.8) is 0 Å². The standard InChI is InChI=1S/C29H34ClF3N4O2/c1-20(2)16-36(18-25-12-8-14-35(25)17-22-9-5-6-13-26(22)30)27(38)19-37(21(3)4)28(39)34-24-11-7-10-23(15-24)29(31,32)33/h5-15,20-21H,16-19H2,1-4H3,(H,34,39). The van der Waals surface area contributed by atoms with Crippen LogP contribution in [-0.4, -0.2) is 45.4 Å². The molecule has 39 heavy (non-hydrogen) atoms. The van der Waals surface area contributed by atoms with Crippen LogP contribution in [-0.2, 0) is 24.1 Å². The van der Waals surface area contributed by atoms with Crippen molar-refractivity contribution in [2.45, 2.75) is 53.0 Å². The number of nitrogens with one attached hydrogen (secondary N) is 1. The van der Waals surface area contributed by atoms with E-state index in [9.17, 15) is 22.8 Å². The molecule has 10 heteroatoms. The van der Waals surface area contributed by atoms with E-state index in [0.717, 1.165) is 23.4 Å². The number of halogens is 4. The number of carbonyl (C=O) groups is 2. The summed E-state index contributed by atoms with van der Waals surface area (Å²) >= 11 is 6.35. The van der Waals surface area contributed by atoms with Crippen LogP contribution in [0.1, 0.15) is 44.5 Å². The molecule has 0 bridgehead atoms. The minimum absolute atomic E-state index is 0.00404. The summed E-state index contributed by atoms with van der Waals surface area (Å²) in [6.07, 6.45) is -2.60. The van der Waals surface area contributed by atoms with Crippen molar-refractivity contribution in [1.29, 1.82) is 0 Å². The molecule has 3 rings (SSSR count). The van der Waals surface area contributed by atoms with Gasteiger partial charge in [-0.1, -0.05) is 49.7 Å². The molecule has 0 aliphatic carbocycles. The van der Waals surface area contributed by atoms with Crippen LogP contribution in [0.25, 0.3) is 0 Å². The Kier molecular flexibility index (Phi) is 10.1. The summed E-state index contributed by atoms with van der Waals surface area (Å²) in [4.78, 5) is 29.6. The van der Waals surface area contributed by atoms with E-state index in [0.29, 0.717) is 24.7 Å². The van der Waals surface area contributed by atoms with Gasteiger partial charge >= 0.3 is 12.2 Å². The third-order valence-electron chi connectivity index (χ3n) is 6.14. The van der Waals surface area contributed by atoms with Gasteiger partial charge in [0, 0.05) is 41.7 Å². The predicted octanol–water partition coefficient (Wildman–Crippen LogP) is 7.14. The van der Waals surface area contributed by atoms with Gasteiger partial charge in [-0.2, -0.15) is 13.2 Å². The van der Waals surface area contributed by atoms with E-state index in [4.69, 9.17) is 11.6 Å². The number of alkyl halides is 3. The fourth-order valence-electron chi connectivity index (χ4n) is 4.15. The molecule has 0 saturated carbocycles. The average molecular weight is 563 g/mol. The van der Waals surface area contributed by atoms with Gasteiger partial charge in [0.1, 0.15) is 6.54 Å². The summed E-state index contributed by atoms with van der Waals surface area (Å²) in [7, 11) is 0. The summed E-state index contributed by atoms with van der Waals surface area (Å²) in [5, 5.41) is 3.17. The fourth-order valence-corrected chi connectivity index (χ4v) is 4.35. The molecule has 0 spiro atoms. The molecule has 1 aromatic heterocycles. The zero-order chi connectivity index (χ0) is 28.7. The van der Waals surface area contributed by atoms with Crippen LogP contribution >= 0.6 is 11.6 Å². The zero-order valence-corrected chi connectivity index (χ0v) is 23.3. The number of carbonyl (C=O) groups excluding carboxylic acids is 2. The van der Waals surface area contributed by atoms with Crippen molar-refractivity contribution in [2.24, 2.45) is 5.92 Å². The van der Waals surface area contributed by atoms with E-state index in [-0.39, 0.29) is 30.1 Å². The van der Waals surface area contributed by atoms with Crippen molar-refractivity contribution in [2.75, 3.05) is 18.4 Å². The Hall–Kier alpha value is -3.46. The third kappa shape index (κ3) is 8.51. The van der Waals surface area contributed by atoms with Crippen LogP contribution < -0.4 is 5.32 Å². The van der Waals surface area contributed by atoms with Crippen molar-refractivity contribution in [3.8, 4) is 0 Å². The molecule has 0 aliphatic heterocycles. The number of nitrogens with zero attached hydrogens (tertiary/aromatic N) is 3. The number of anilines is 1. The Balaban J connectivity index is 1.75. The lowest BCUT2D eigenvalue weighted by Crippen LogP contribution is -2.48. The summed E-state index contributed by atoms with van der Waals surface area (Å²) in [5.41, 5.74) is 1.00. The summed E-state index contributed by atoms with van der Waals surface area (Å²) in [5.74, 6) is -0.0885. The smallest absolute Gasteiger partial charge is 0.345 e. The molecule has 0 saturated heterocycles. The lowest BCUT2D eigenvalue weighted by atomic mass is 10.2. The van der Waals surface area contributed by atoms with Crippen molar-refractivity contribution in [1.82, 2.24) is 14.4 Å². The minimum atomic E-state index is -4.53. The lowest BCUT2D eigenvalue weighted by Gasteiger charge is -2.31. The largest absolute Gasteiger partial charge is 0.416 e. The second-order valence-electron chi connectivity index (χ2n) is 10.1. The van der Waals surface area contributed by atoms with E-state index >= 15 is 0 Å². The summed E-state index contributed by atoms with van der Waals surface area (Å²) in [6, 6.07) is 14.8. The molecule has 1 heterocycles. The van der Waals surface area contributed by atoms with Gasteiger partial charge < -0.3 is 19.7 Å². The zero-order valence-electron chi connectivity index (χ0n) is 22.5. The van der Waals surface area contributed by atoms with Crippen LogP contribution in [0.3, 0.4) is 0 Å². The molecule has 3 amide bonds. The Morgan fingerprint density at radius 2 is 1.72 bits per heavy atom. The van der Waals surface area contributed by atoms with Crippen molar-refractivity contribution >= 4 is 29.2 Å². The van der Waals surface area contributed by atoms with Gasteiger partial charge in [0.05, 0.1) is 12.1 Å². The van der Waals surface area contributed by atoms with Crippen molar-refractivity contribution in [3.05, 3.63) is 88.7 Å². The first-order valence-electron chi connectivity index (χ1n) is 12.7. The van der Waals surface area contributed by atoms with Crippen LogP contribution in [0.15, 0.2) is 66.9 Å². The lowest BCUT2D eigenvalue weighted by molar-refractivity contribution is -0.137. The second-order valence-corrected chi connectivity index (χ2v) is 10.5. The van der Waals surface area contributed by atoms with E-state index < -0.39 is 17.8 Å². The van der Waals surface area contributed by atoms with E-state index in [1.165, 1.54) is 17.0 Å². The maximum Gasteiger partial charge on any atom is 0.416 e. The van der Waals surface area contributed by atoms with E-state index in [2.05, 4.69) is 5.32 Å². The highest BCUT2D eigenvalue weighted by atomic mass is 35.5. The van der Waals surface area contributed by atoms with Gasteiger partial charge in [0.2, 0.25) is 5.91 Å². The Morgan fingerprint density at radius 3 is 2.36 bits per heavy atom. The van der Waals surface area contributed by atoms with Crippen molar-refractivity contribution < 1.29 is 22.8 Å². The molecule has 210 valence electrons. The first-order valence-corrected chi connectivity index (χ1v) is 13.1. The van der Waals surface area contributed by atoms with Crippen LogP contribution in [0, 0.1) is 5.92 Å². The number of urea groups is 1. The van der Waals surface area contributed by atoms with Gasteiger partial charge in [0.15, 0.2) is 0 Å². The predicted molar refractivity (Wildman–Crippen MR) is 148 cm³/mol. The molecule has 0 atom stereocenters. The first kappa shape index (κ1) is 30.1. The highest BCUT2D eigenvalue weighted by molar-refractivity contribution is 6.31. The third-order valence-corrected chi connectivity index (χ3v) is 6.51. The molecule has 2 aromatic carbocycles. The average Bonchev–Trinajstić information content (AvgIpc) is 3.29. The molecule has 3 aromatic rings. The van der Waals surface area contributed by atoms with Gasteiger partial charge in [-0.15, -0.1) is 0 Å². The molecular formula is C29H34ClF3N4O2. The van der Waals surface area contributed by atoms with E-state index in [1.807, 2.05) is 61.0 Å². The second kappa shape index (κ2) is 13.1. The number of amides is 3. The minimum Gasteiger partial charge on any atom is -0.345 e. The molecule has 1 N–H and O–H groups in total. The fraction of sp³-hybridized carbons (Fsp3) is 0.379. The topological polar surface area (TPSA) is 57.6 Å². The Bertz CT molecular complexity index is 1270. The molecule has 0 fully saturated rings. The maximum absolute atomic E-state index is 13.5. The molecule has 6 nitrogen and oxygen atoms in total. The van der Waals surface area contributed by atoms with Gasteiger partial charge in [-0.3, -0.25) is 4.79 Å². The number of hydrogen-bond acceptors (Lipinski definition) is 2. The van der Waals surface area contributed by atoms with Crippen LogP contribution in [0.2, 0.25) is 5.02 Å². The quantitative estimate of drug-likeness (QED) is 0.286. The molecule has 0 unspecified atom stereocenters. The summed E-state index contributed by atoms with van der Waals surface area (Å²) < 4.78 is 41.3. The van der Waals surface area contributed by atoms with Gasteiger partial charge in [-0.05, 0) is 61.7 Å². The number of hydrogen-bond donors (Lipinski definition) is 1. The highest BCUT2D eigenvalue weighted by Crippen LogP contribution is 2.30. The molecule has 0 aliphatic rings. The SMILES string of the molecule is CC(C)CN(Cc1cccn1Cc1ccccc1Cl)C(=O)CN(C(=O)Nc1cccc(C(F)(F)F)c1)C(C)C. The maximum atomic E-state index is 13.5. The monoisotopic (exact) mass is 562 g/mol. The normalized spacial score (nSPS) is 11.6. The summed E-state index contributed by atoms with van der Waals surface area (Å²) in [6.45, 7) is 8.63. The highest BCUT2D eigenvalue weighted by Gasteiger charge is 2.31. The Morgan fingerprint density at radius 1 is 1.00 bits per heavy atom. The number of benzene rings is 2.